The predicted molar refractivity (Wildman–Crippen MR) is 78.0 cm³/mol. The first-order chi connectivity index (χ1) is 9.05. The molecule has 0 bridgehead atoms. The lowest BCUT2D eigenvalue weighted by molar-refractivity contribution is -0.383. The number of nitro groups is 1. The van der Waals surface area contributed by atoms with Gasteiger partial charge in [-0.2, -0.15) is 0 Å². The first kappa shape index (κ1) is 14.8. The first-order valence-corrected chi connectivity index (χ1v) is 6.45. The van der Waals surface area contributed by atoms with Gasteiger partial charge in [-0.05, 0) is 51.7 Å². The fourth-order valence-corrected chi connectivity index (χ4v) is 2.11. The monoisotopic (exact) mass is 278 g/mol. The van der Waals surface area contributed by atoms with E-state index in [1.54, 1.807) is 13.0 Å². The molecular weight excluding hydrogens is 259 g/mol. The van der Waals surface area contributed by atoms with Gasteiger partial charge in [-0.25, -0.2) is 0 Å². The molecule has 0 atom stereocenters. The van der Waals surface area contributed by atoms with Crippen LogP contribution >= 0.6 is 0 Å². The lowest BCUT2D eigenvalue weighted by Gasteiger charge is -2.32. The van der Waals surface area contributed by atoms with Gasteiger partial charge in [-0.3, -0.25) is 10.1 Å². The number of rotatable bonds is 2. The Morgan fingerprint density at radius 2 is 1.70 bits per heavy atom. The van der Waals surface area contributed by atoms with Crippen molar-refractivity contribution in [1.29, 1.82) is 0 Å². The van der Waals surface area contributed by atoms with Gasteiger partial charge in [0.1, 0.15) is 5.69 Å². The Hall–Kier alpha value is -1.60. The second-order valence-corrected chi connectivity index (χ2v) is 6.11. The van der Waals surface area contributed by atoms with E-state index in [-0.39, 0.29) is 11.4 Å². The van der Waals surface area contributed by atoms with E-state index in [4.69, 9.17) is 15.0 Å². The number of nitrogens with two attached hydrogens (primary N) is 1. The molecule has 1 aliphatic heterocycles. The molecule has 20 heavy (non-hydrogen) atoms. The van der Waals surface area contributed by atoms with Crippen LogP contribution in [-0.4, -0.2) is 23.2 Å². The molecule has 7 heteroatoms. The Kier molecular flexibility index (Phi) is 3.30. The van der Waals surface area contributed by atoms with Crippen LogP contribution in [0.25, 0.3) is 0 Å². The molecule has 108 valence electrons. The van der Waals surface area contributed by atoms with Gasteiger partial charge < -0.3 is 15.0 Å². The Morgan fingerprint density at radius 3 is 2.15 bits per heavy atom. The van der Waals surface area contributed by atoms with Gasteiger partial charge >= 0.3 is 7.12 Å². The van der Waals surface area contributed by atoms with Crippen molar-refractivity contribution in [3.8, 4) is 0 Å². The number of nitro benzene ring substituents is 1. The zero-order valence-corrected chi connectivity index (χ0v) is 12.4. The molecule has 0 aromatic heterocycles. The van der Waals surface area contributed by atoms with E-state index in [0.717, 1.165) is 11.0 Å². The number of anilines is 1. The SMILES string of the molecule is Cc1cc([N+](=O)[O-])c(N)cc1B1OC(C)(C)C(C)(C)O1. The fraction of sp³-hybridized carbons (Fsp3) is 0.538. The van der Waals surface area contributed by atoms with Crippen LogP contribution in [0.3, 0.4) is 0 Å². The van der Waals surface area contributed by atoms with Crippen molar-refractivity contribution in [2.24, 2.45) is 0 Å². The topological polar surface area (TPSA) is 87.6 Å². The molecule has 0 radical (unpaired) electrons. The summed E-state index contributed by atoms with van der Waals surface area (Å²) >= 11 is 0. The molecule has 1 aliphatic rings. The van der Waals surface area contributed by atoms with E-state index in [1.165, 1.54) is 6.07 Å². The average molecular weight is 278 g/mol. The van der Waals surface area contributed by atoms with Crippen LogP contribution in [0.15, 0.2) is 12.1 Å². The Morgan fingerprint density at radius 1 is 1.20 bits per heavy atom. The number of hydrogen-bond donors (Lipinski definition) is 1. The average Bonchev–Trinajstić information content (AvgIpc) is 2.50. The van der Waals surface area contributed by atoms with Crippen molar-refractivity contribution >= 4 is 24.0 Å². The van der Waals surface area contributed by atoms with Crippen molar-refractivity contribution in [2.75, 3.05) is 5.73 Å². The lowest BCUT2D eigenvalue weighted by Crippen LogP contribution is -2.41. The van der Waals surface area contributed by atoms with Crippen LogP contribution in [0.1, 0.15) is 33.3 Å². The third-order valence-corrected chi connectivity index (χ3v) is 4.12. The molecule has 1 aromatic rings. The molecule has 0 spiro atoms. The Balaban J connectivity index is 2.41. The van der Waals surface area contributed by atoms with Gasteiger partial charge in [0.15, 0.2) is 0 Å². The molecule has 2 N–H and O–H groups in total. The second-order valence-electron chi connectivity index (χ2n) is 6.11. The van der Waals surface area contributed by atoms with Crippen LogP contribution in [0.5, 0.6) is 0 Å². The van der Waals surface area contributed by atoms with Crippen LogP contribution in [0, 0.1) is 17.0 Å². The summed E-state index contributed by atoms with van der Waals surface area (Å²) in [5.41, 5.74) is 6.30. The van der Waals surface area contributed by atoms with E-state index >= 15 is 0 Å². The molecule has 0 saturated carbocycles. The maximum Gasteiger partial charge on any atom is 0.495 e. The van der Waals surface area contributed by atoms with Gasteiger partial charge in [0.2, 0.25) is 0 Å². The maximum atomic E-state index is 10.9. The molecule has 1 heterocycles. The zero-order valence-electron chi connectivity index (χ0n) is 12.4. The van der Waals surface area contributed by atoms with Gasteiger partial charge in [-0.1, -0.05) is 0 Å². The predicted octanol–water partition coefficient (Wildman–Crippen LogP) is 1.78. The minimum absolute atomic E-state index is 0.0947. The van der Waals surface area contributed by atoms with Crippen molar-refractivity contribution < 1.29 is 14.2 Å². The van der Waals surface area contributed by atoms with Crippen LogP contribution in [0.4, 0.5) is 11.4 Å². The van der Waals surface area contributed by atoms with Crippen molar-refractivity contribution in [2.45, 2.75) is 45.8 Å². The summed E-state index contributed by atoms with van der Waals surface area (Å²) in [5, 5.41) is 10.9. The molecule has 6 nitrogen and oxygen atoms in total. The third kappa shape index (κ3) is 2.27. The molecule has 0 amide bonds. The zero-order chi connectivity index (χ0) is 15.3. The molecule has 1 fully saturated rings. The van der Waals surface area contributed by atoms with Gasteiger partial charge in [0.05, 0.1) is 16.1 Å². The smallest absolute Gasteiger partial charge is 0.399 e. The fourth-order valence-electron chi connectivity index (χ4n) is 2.11. The van der Waals surface area contributed by atoms with Crippen molar-refractivity contribution in [3.63, 3.8) is 0 Å². The van der Waals surface area contributed by atoms with E-state index < -0.39 is 23.2 Å². The second kappa shape index (κ2) is 4.46. The van der Waals surface area contributed by atoms with Crippen LogP contribution in [0.2, 0.25) is 0 Å². The van der Waals surface area contributed by atoms with Crippen molar-refractivity contribution in [1.82, 2.24) is 0 Å². The maximum absolute atomic E-state index is 10.9. The standard InChI is InChI=1S/C13H19BN2O4/c1-8-6-11(16(17)18)10(15)7-9(8)14-19-12(2,3)13(4,5)20-14/h6-7H,15H2,1-5H3. The van der Waals surface area contributed by atoms with E-state index in [9.17, 15) is 10.1 Å². The largest absolute Gasteiger partial charge is 0.495 e. The van der Waals surface area contributed by atoms with Crippen molar-refractivity contribution in [3.05, 3.63) is 27.8 Å². The van der Waals surface area contributed by atoms with Gasteiger partial charge in [-0.15, -0.1) is 0 Å². The summed E-state index contributed by atoms with van der Waals surface area (Å²) in [4.78, 5) is 10.4. The van der Waals surface area contributed by atoms with Gasteiger partial charge in [0, 0.05) is 6.07 Å². The molecular formula is C13H19BN2O4. The van der Waals surface area contributed by atoms with E-state index in [2.05, 4.69) is 0 Å². The van der Waals surface area contributed by atoms with Gasteiger partial charge in [0.25, 0.3) is 5.69 Å². The number of benzene rings is 1. The number of nitrogens with zero attached hydrogens (tertiary/aromatic N) is 1. The molecule has 0 aliphatic carbocycles. The van der Waals surface area contributed by atoms with Crippen LogP contribution < -0.4 is 11.2 Å². The summed E-state index contributed by atoms with van der Waals surface area (Å²) in [6, 6.07) is 3.02. The number of aryl methyl sites for hydroxylation is 1. The summed E-state index contributed by atoms with van der Waals surface area (Å²) in [6.45, 7) is 9.61. The highest BCUT2D eigenvalue weighted by Gasteiger charge is 2.52. The highest BCUT2D eigenvalue weighted by Crippen LogP contribution is 2.37. The number of nitrogen functional groups attached to an aromatic ring is 1. The summed E-state index contributed by atoms with van der Waals surface area (Å²) in [6.07, 6.45) is 0. The van der Waals surface area contributed by atoms with E-state index in [0.29, 0.717) is 0 Å². The molecule has 2 rings (SSSR count). The summed E-state index contributed by atoms with van der Waals surface area (Å²) in [7, 11) is -0.567. The summed E-state index contributed by atoms with van der Waals surface area (Å²) in [5.74, 6) is 0. The first-order valence-electron chi connectivity index (χ1n) is 6.45. The molecule has 0 unspecified atom stereocenters. The highest BCUT2D eigenvalue weighted by molar-refractivity contribution is 6.62. The number of hydrogen-bond acceptors (Lipinski definition) is 5. The molecule has 1 aromatic carbocycles. The highest BCUT2D eigenvalue weighted by atomic mass is 16.7. The lowest BCUT2D eigenvalue weighted by atomic mass is 9.76. The quantitative estimate of drug-likeness (QED) is 0.385. The van der Waals surface area contributed by atoms with Crippen LogP contribution in [-0.2, 0) is 9.31 Å². The third-order valence-electron chi connectivity index (χ3n) is 4.12. The minimum Gasteiger partial charge on any atom is -0.399 e. The van der Waals surface area contributed by atoms with E-state index in [1.807, 2.05) is 27.7 Å². The molecule has 1 saturated heterocycles. The Labute approximate surface area is 118 Å². The Bertz CT molecular complexity index is 556. The normalized spacial score (nSPS) is 20.1. The summed E-state index contributed by atoms with van der Waals surface area (Å²) < 4.78 is 11.9. The minimum atomic E-state index is -0.567.